The summed E-state index contributed by atoms with van der Waals surface area (Å²) < 4.78 is 19.6. The van der Waals surface area contributed by atoms with Crippen molar-refractivity contribution in [2.45, 2.75) is 25.9 Å². The summed E-state index contributed by atoms with van der Waals surface area (Å²) in [6.07, 6.45) is 0.522. The van der Waals surface area contributed by atoms with Gasteiger partial charge in [0.05, 0.1) is 19.1 Å². The zero-order valence-electron chi connectivity index (χ0n) is 19.8. The van der Waals surface area contributed by atoms with Gasteiger partial charge in [-0.1, -0.05) is 42.5 Å². The Morgan fingerprint density at radius 1 is 1.17 bits per heavy atom. The van der Waals surface area contributed by atoms with Crippen LogP contribution >= 0.6 is 0 Å². The van der Waals surface area contributed by atoms with Crippen molar-refractivity contribution in [3.05, 3.63) is 92.4 Å². The first-order valence-corrected chi connectivity index (χ1v) is 11.3. The van der Waals surface area contributed by atoms with Crippen LogP contribution in [0.3, 0.4) is 0 Å². The molecule has 186 valence electrons. The van der Waals surface area contributed by atoms with Gasteiger partial charge >= 0.3 is 5.69 Å². The SMILES string of the molecule is COCCCN(CC(=O)NC(C)c1ccc(F)cc1)c1c(N)n(Cc2ccccc2)c(=O)[nH]c1=O. The lowest BCUT2D eigenvalue weighted by Crippen LogP contribution is -2.44. The van der Waals surface area contributed by atoms with Gasteiger partial charge in [-0.2, -0.15) is 0 Å². The van der Waals surface area contributed by atoms with E-state index in [1.807, 2.05) is 30.3 Å². The van der Waals surface area contributed by atoms with Gasteiger partial charge in [0.1, 0.15) is 17.3 Å². The Balaban J connectivity index is 1.87. The van der Waals surface area contributed by atoms with E-state index < -0.39 is 11.2 Å². The summed E-state index contributed by atoms with van der Waals surface area (Å²) in [5.41, 5.74) is 6.63. The van der Waals surface area contributed by atoms with Crippen molar-refractivity contribution in [2.75, 3.05) is 37.4 Å². The molecule has 0 aliphatic carbocycles. The average molecular weight is 484 g/mol. The highest BCUT2D eigenvalue weighted by atomic mass is 19.1. The first-order valence-electron chi connectivity index (χ1n) is 11.3. The maximum Gasteiger partial charge on any atom is 0.330 e. The molecule has 1 heterocycles. The number of nitrogens with zero attached hydrogens (tertiary/aromatic N) is 2. The van der Waals surface area contributed by atoms with Crippen LogP contribution in [0.25, 0.3) is 0 Å². The fourth-order valence-electron chi connectivity index (χ4n) is 3.77. The number of anilines is 2. The lowest BCUT2D eigenvalue weighted by atomic mass is 10.1. The van der Waals surface area contributed by atoms with E-state index in [0.717, 1.165) is 11.1 Å². The van der Waals surface area contributed by atoms with Crippen LogP contribution in [0.15, 0.2) is 64.2 Å². The summed E-state index contributed by atoms with van der Waals surface area (Å²) in [5.74, 6) is -0.754. The summed E-state index contributed by atoms with van der Waals surface area (Å²) in [7, 11) is 1.56. The van der Waals surface area contributed by atoms with Crippen LogP contribution in [-0.4, -0.2) is 42.3 Å². The van der Waals surface area contributed by atoms with E-state index in [9.17, 15) is 18.8 Å². The number of nitrogens with one attached hydrogen (secondary N) is 2. The Morgan fingerprint density at radius 2 is 1.86 bits per heavy atom. The predicted molar refractivity (Wildman–Crippen MR) is 133 cm³/mol. The number of hydrogen-bond donors (Lipinski definition) is 3. The average Bonchev–Trinajstić information content (AvgIpc) is 2.82. The minimum atomic E-state index is -0.673. The van der Waals surface area contributed by atoms with Gasteiger partial charge in [0, 0.05) is 20.3 Å². The van der Waals surface area contributed by atoms with Crippen molar-refractivity contribution in [2.24, 2.45) is 0 Å². The number of carbonyl (C=O) groups excluding carboxylic acids is 1. The van der Waals surface area contributed by atoms with E-state index in [1.54, 1.807) is 31.1 Å². The molecule has 0 aliphatic heterocycles. The lowest BCUT2D eigenvalue weighted by Gasteiger charge is -2.26. The summed E-state index contributed by atoms with van der Waals surface area (Å²) in [6, 6.07) is 14.7. The topological polar surface area (TPSA) is 122 Å². The zero-order valence-corrected chi connectivity index (χ0v) is 19.8. The Hall–Kier alpha value is -3.92. The number of ether oxygens (including phenoxy) is 1. The van der Waals surface area contributed by atoms with Crippen LogP contribution in [0.4, 0.5) is 15.9 Å². The fourth-order valence-corrected chi connectivity index (χ4v) is 3.77. The third kappa shape index (κ3) is 6.80. The van der Waals surface area contributed by atoms with Crippen LogP contribution in [0, 0.1) is 5.82 Å². The highest BCUT2D eigenvalue weighted by molar-refractivity contribution is 5.82. The Kier molecular flexibility index (Phi) is 8.80. The van der Waals surface area contributed by atoms with Crippen molar-refractivity contribution < 1.29 is 13.9 Å². The monoisotopic (exact) mass is 483 g/mol. The first kappa shape index (κ1) is 25.7. The molecule has 2 aromatic carbocycles. The number of nitrogen functional groups attached to an aromatic ring is 1. The molecule has 0 spiro atoms. The molecule has 4 N–H and O–H groups in total. The van der Waals surface area contributed by atoms with Crippen LogP contribution in [0.2, 0.25) is 0 Å². The first-order chi connectivity index (χ1) is 16.8. The maximum atomic E-state index is 13.2. The molecule has 0 aliphatic rings. The number of benzene rings is 2. The van der Waals surface area contributed by atoms with Crippen LogP contribution < -0.4 is 27.2 Å². The molecule has 1 amide bonds. The molecule has 1 aromatic heterocycles. The number of aromatic amines is 1. The smallest absolute Gasteiger partial charge is 0.330 e. The molecule has 3 aromatic rings. The molecule has 3 rings (SSSR count). The lowest BCUT2D eigenvalue weighted by molar-refractivity contribution is -0.120. The number of H-pyrrole nitrogens is 1. The molecule has 0 bridgehead atoms. The standard InChI is InChI=1S/C25H30FN5O4/c1-17(19-9-11-20(26)12-10-19)28-21(32)16-30(13-6-14-35-2)22-23(27)31(25(34)29-24(22)33)15-18-7-4-3-5-8-18/h3-5,7-12,17H,6,13-16,27H2,1-2H3,(H,28,32)(H,29,33,34). The minimum absolute atomic E-state index is 0.0283. The van der Waals surface area contributed by atoms with Crippen molar-refractivity contribution in [3.8, 4) is 0 Å². The van der Waals surface area contributed by atoms with Gasteiger partial charge in [-0.15, -0.1) is 0 Å². The second-order valence-electron chi connectivity index (χ2n) is 8.17. The maximum absolute atomic E-state index is 13.2. The number of aromatic nitrogens is 2. The summed E-state index contributed by atoms with van der Waals surface area (Å²) in [6.45, 7) is 2.47. The summed E-state index contributed by atoms with van der Waals surface area (Å²) in [5, 5.41) is 2.86. The van der Waals surface area contributed by atoms with Gasteiger partial charge < -0.3 is 20.7 Å². The third-order valence-electron chi connectivity index (χ3n) is 5.57. The molecular formula is C25H30FN5O4. The molecular weight excluding hydrogens is 453 g/mol. The molecule has 0 fully saturated rings. The van der Waals surface area contributed by atoms with Crippen molar-refractivity contribution in [1.29, 1.82) is 0 Å². The van der Waals surface area contributed by atoms with Crippen LogP contribution in [-0.2, 0) is 16.1 Å². The molecule has 0 radical (unpaired) electrons. The number of nitrogens with two attached hydrogens (primary N) is 1. The molecule has 1 atom stereocenters. The highest BCUT2D eigenvalue weighted by Crippen LogP contribution is 2.19. The van der Waals surface area contributed by atoms with Crippen molar-refractivity contribution in [3.63, 3.8) is 0 Å². The quantitative estimate of drug-likeness (QED) is 0.359. The number of halogens is 1. The summed E-state index contributed by atoms with van der Waals surface area (Å²) in [4.78, 5) is 42.1. The summed E-state index contributed by atoms with van der Waals surface area (Å²) >= 11 is 0. The largest absolute Gasteiger partial charge is 0.385 e. The fraction of sp³-hybridized carbons (Fsp3) is 0.320. The molecule has 9 nitrogen and oxygen atoms in total. The highest BCUT2D eigenvalue weighted by Gasteiger charge is 2.22. The van der Waals surface area contributed by atoms with Gasteiger partial charge in [0.15, 0.2) is 0 Å². The van der Waals surface area contributed by atoms with Gasteiger partial charge in [0.25, 0.3) is 5.56 Å². The van der Waals surface area contributed by atoms with E-state index in [1.165, 1.54) is 16.7 Å². The second kappa shape index (κ2) is 12.0. The van der Waals surface area contributed by atoms with Gasteiger partial charge in [-0.3, -0.25) is 19.1 Å². The number of amides is 1. The molecule has 0 saturated carbocycles. The van der Waals surface area contributed by atoms with E-state index in [2.05, 4.69) is 10.3 Å². The van der Waals surface area contributed by atoms with E-state index in [0.29, 0.717) is 19.6 Å². The number of carbonyl (C=O) groups is 1. The number of rotatable bonds is 11. The van der Waals surface area contributed by atoms with Crippen LogP contribution in [0.1, 0.15) is 30.5 Å². The number of methoxy groups -OCH3 is 1. The van der Waals surface area contributed by atoms with Crippen LogP contribution in [0.5, 0.6) is 0 Å². The predicted octanol–water partition coefficient (Wildman–Crippen LogP) is 2.03. The normalized spacial score (nSPS) is 11.7. The third-order valence-corrected chi connectivity index (χ3v) is 5.57. The van der Waals surface area contributed by atoms with Crippen molar-refractivity contribution >= 4 is 17.4 Å². The Bertz CT molecular complexity index is 1240. The Morgan fingerprint density at radius 3 is 2.51 bits per heavy atom. The van der Waals surface area contributed by atoms with E-state index >= 15 is 0 Å². The molecule has 35 heavy (non-hydrogen) atoms. The number of hydrogen-bond acceptors (Lipinski definition) is 6. The van der Waals surface area contributed by atoms with Crippen molar-refractivity contribution in [1.82, 2.24) is 14.9 Å². The molecule has 10 heteroatoms. The molecule has 1 unspecified atom stereocenters. The van der Waals surface area contributed by atoms with E-state index in [-0.39, 0.29) is 42.4 Å². The Labute approximate surface area is 202 Å². The van der Waals surface area contributed by atoms with E-state index in [4.69, 9.17) is 10.5 Å². The minimum Gasteiger partial charge on any atom is -0.385 e. The zero-order chi connectivity index (χ0) is 25.4. The van der Waals surface area contributed by atoms with Gasteiger partial charge in [-0.25, -0.2) is 9.18 Å². The second-order valence-corrected chi connectivity index (χ2v) is 8.17. The van der Waals surface area contributed by atoms with Gasteiger partial charge in [-0.05, 0) is 36.6 Å². The molecule has 0 saturated heterocycles. The van der Waals surface area contributed by atoms with Gasteiger partial charge in [0.2, 0.25) is 5.91 Å².